The second kappa shape index (κ2) is 5.01. The molecule has 0 saturated carbocycles. The fraction of sp³-hybridized carbons (Fsp3) is 0.462. The van der Waals surface area contributed by atoms with E-state index in [0.29, 0.717) is 6.42 Å². The summed E-state index contributed by atoms with van der Waals surface area (Å²) in [4.78, 5) is 11.0. The van der Waals surface area contributed by atoms with Crippen molar-refractivity contribution in [1.29, 1.82) is 0 Å². The summed E-state index contributed by atoms with van der Waals surface area (Å²) in [5.74, 6) is -1.05. The Morgan fingerprint density at radius 3 is 2.50 bits per heavy atom. The molecular weight excluding hydrogens is 204 g/mol. The van der Waals surface area contributed by atoms with E-state index in [9.17, 15) is 9.90 Å². The number of carboxylic acid groups (broad SMARTS) is 1. The minimum Gasteiger partial charge on any atom is -0.508 e. The Labute approximate surface area is 95.7 Å². The molecule has 0 aliphatic heterocycles. The van der Waals surface area contributed by atoms with Gasteiger partial charge in [-0.15, -0.1) is 0 Å². The molecule has 3 heteroatoms. The van der Waals surface area contributed by atoms with Crippen LogP contribution in [0.15, 0.2) is 18.2 Å². The van der Waals surface area contributed by atoms with E-state index < -0.39 is 11.9 Å². The van der Waals surface area contributed by atoms with Gasteiger partial charge in [-0.1, -0.05) is 26.0 Å². The van der Waals surface area contributed by atoms with Crippen LogP contribution in [0.1, 0.15) is 37.3 Å². The Morgan fingerprint density at radius 2 is 2.06 bits per heavy atom. The molecule has 2 atom stereocenters. The molecule has 1 aromatic carbocycles. The van der Waals surface area contributed by atoms with Crippen molar-refractivity contribution in [2.75, 3.05) is 0 Å². The van der Waals surface area contributed by atoms with E-state index in [2.05, 4.69) is 0 Å². The maximum absolute atomic E-state index is 11.0. The summed E-state index contributed by atoms with van der Waals surface area (Å²) < 4.78 is 0. The van der Waals surface area contributed by atoms with Crippen molar-refractivity contribution in [3.8, 4) is 5.75 Å². The number of carbonyl (C=O) groups is 1. The van der Waals surface area contributed by atoms with Crippen molar-refractivity contribution in [2.24, 2.45) is 5.92 Å². The molecule has 16 heavy (non-hydrogen) atoms. The number of aryl methyl sites for hydroxylation is 1. The maximum atomic E-state index is 11.0. The van der Waals surface area contributed by atoms with E-state index in [1.165, 1.54) is 0 Å². The Balaban J connectivity index is 2.99. The predicted molar refractivity (Wildman–Crippen MR) is 62.7 cm³/mol. The lowest BCUT2D eigenvalue weighted by atomic mass is 9.85. The SMILES string of the molecule is CCC(C(=O)O)C(C)c1ccc(C)c(O)c1. The number of benzene rings is 1. The molecule has 0 saturated heterocycles. The van der Waals surface area contributed by atoms with Gasteiger partial charge in [-0.05, 0) is 36.5 Å². The molecule has 0 aliphatic rings. The van der Waals surface area contributed by atoms with Crippen molar-refractivity contribution >= 4 is 5.97 Å². The molecule has 0 heterocycles. The van der Waals surface area contributed by atoms with E-state index in [0.717, 1.165) is 11.1 Å². The minimum atomic E-state index is -0.782. The van der Waals surface area contributed by atoms with Crippen molar-refractivity contribution in [1.82, 2.24) is 0 Å². The lowest BCUT2D eigenvalue weighted by Gasteiger charge is -2.19. The highest BCUT2D eigenvalue weighted by atomic mass is 16.4. The standard InChI is InChI=1S/C13H18O3/c1-4-11(13(15)16)9(3)10-6-5-8(2)12(14)7-10/h5-7,9,11,14H,4H2,1-3H3,(H,15,16). The highest BCUT2D eigenvalue weighted by molar-refractivity contribution is 5.71. The van der Waals surface area contributed by atoms with Crippen LogP contribution in [0.3, 0.4) is 0 Å². The molecule has 0 radical (unpaired) electrons. The maximum Gasteiger partial charge on any atom is 0.307 e. The third-order valence-electron chi connectivity index (χ3n) is 3.12. The van der Waals surface area contributed by atoms with Crippen molar-refractivity contribution in [3.63, 3.8) is 0 Å². The summed E-state index contributed by atoms with van der Waals surface area (Å²) in [6, 6.07) is 5.35. The zero-order valence-corrected chi connectivity index (χ0v) is 9.90. The first-order valence-electron chi connectivity index (χ1n) is 5.49. The number of carboxylic acids is 1. The molecule has 0 aromatic heterocycles. The lowest BCUT2D eigenvalue weighted by Crippen LogP contribution is -2.19. The van der Waals surface area contributed by atoms with Gasteiger partial charge in [0.25, 0.3) is 0 Å². The molecule has 0 spiro atoms. The Morgan fingerprint density at radius 1 is 1.44 bits per heavy atom. The highest BCUT2D eigenvalue weighted by Crippen LogP contribution is 2.30. The number of aliphatic carboxylic acids is 1. The van der Waals surface area contributed by atoms with Gasteiger partial charge in [0.1, 0.15) is 5.75 Å². The normalized spacial score (nSPS) is 14.4. The molecule has 1 aromatic rings. The number of hydrogen-bond donors (Lipinski definition) is 2. The van der Waals surface area contributed by atoms with Crippen LogP contribution >= 0.6 is 0 Å². The monoisotopic (exact) mass is 222 g/mol. The Bertz CT molecular complexity index is 385. The van der Waals surface area contributed by atoms with Crippen LogP contribution in [0.2, 0.25) is 0 Å². The van der Waals surface area contributed by atoms with E-state index in [1.54, 1.807) is 6.07 Å². The number of phenols is 1. The van der Waals surface area contributed by atoms with Crippen LogP contribution in [0.5, 0.6) is 5.75 Å². The largest absolute Gasteiger partial charge is 0.508 e. The summed E-state index contributed by atoms with van der Waals surface area (Å²) in [6.45, 7) is 5.56. The summed E-state index contributed by atoms with van der Waals surface area (Å²) >= 11 is 0. The summed E-state index contributed by atoms with van der Waals surface area (Å²) in [6.07, 6.45) is 0.588. The highest BCUT2D eigenvalue weighted by Gasteiger charge is 2.24. The minimum absolute atomic E-state index is 0.0889. The fourth-order valence-corrected chi connectivity index (χ4v) is 1.88. The average Bonchev–Trinajstić information content (AvgIpc) is 2.22. The van der Waals surface area contributed by atoms with Gasteiger partial charge in [-0.2, -0.15) is 0 Å². The predicted octanol–water partition coefficient (Wildman–Crippen LogP) is 2.91. The van der Waals surface area contributed by atoms with Gasteiger partial charge in [0, 0.05) is 0 Å². The molecule has 1 rings (SSSR count). The zero-order chi connectivity index (χ0) is 12.3. The van der Waals surface area contributed by atoms with E-state index in [4.69, 9.17) is 5.11 Å². The third-order valence-corrected chi connectivity index (χ3v) is 3.12. The van der Waals surface area contributed by atoms with E-state index >= 15 is 0 Å². The summed E-state index contributed by atoms with van der Waals surface area (Å²) in [7, 11) is 0. The van der Waals surface area contributed by atoms with Crippen molar-refractivity contribution < 1.29 is 15.0 Å². The van der Waals surface area contributed by atoms with Crippen LogP contribution in [0, 0.1) is 12.8 Å². The molecule has 0 fully saturated rings. The summed E-state index contributed by atoms with van der Waals surface area (Å²) in [5.41, 5.74) is 1.68. The van der Waals surface area contributed by atoms with Gasteiger partial charge in [-0.3, -0.25) is 4.79 Å². The second-order valence-corrected chi connectivity index (χ2v) is 4.19. The number of rotatable bonds is 4. The van der Waals surface area contributed by atoms with Crippen LogP contribution in [-0.2, 0) is 4.79 Å². The fourth-order valence-electron chi connectivity index (χ4n) is 1.88. The lowest BCUT2D eigenvalue weighted by molar-refractivity contribution is -0.142. The van der Waals surface area contributed by atoms with Gasteiger partial charge < -0.3 is 10.2 Å². The van der Waals surface area contributed by atoms with Crippen LogP contribution in [0.25, 0.3) is 0 Å². The Hall–Kier alpha value is -1.51. The third kappa shape index (κ3) is 2.54. The quantitative estimate of drug-likeness (QED) is 0.823. The molecule has 2 unspecified atom stereocenters. The van der Waals surface area contributed by atoms with E-state index in [1.807, 2.05) is 32.9 Å². The van der Waals surface area contributed by atoms with E-state index in [-0.39, 0.29) is 11.7 Å². The molecule has 2 N–H and O–H groups in total. The van der Waals surface area contributed by atoms with Gasteiger partial charge in [0.15, 0.2) is 0 Å². The van der Waals surface area contributed by atoms with Crippen molar-refractivity contribution in [2.45, 2.75) is 33.1 Å². The van der Waals surface area contributed by atoms with Gasteiger partial charge in [0.2, 0.25) is 0 Å². The Kier molecular flexibility index (Phi) is 3.93. The first kappa shape index (κ1) is 12.6. The summed E-state index contributed by atoms with van der Waals surface area (Å²) in [5, 5.41) is 18.7. The topological polar surface area (TPSA) is 57.5 Å². The second-order valence-electron chi connectivity index (χ2n) is 4.19. The van der Waals surface area contributed by atoms with Crippen LogP contribution in [0.4, 0.5) is 0 Å². The first-order chi connectivity index (χ1) is 7.47. The molecule has 0 aliphatic carbocycles. The van der Waals surface area contributed by atoms with Gasteiger partial charge in [0.05, 0.1) is 5.92 Å². The molecule has 88 valence electrons. The molecule has 0 amide bonds. The van der Waals surface area contributed by atoms with Crippen molar-refractivity contribution in [3.05, 3.63) is 29.3 Å². The number of hydrogen-bond acceptors (Lipinski definition) is 2. The number of aromatic hydroxyl groups is 1. The average molecular weight is 222 g/mol. The van der Waals surface area contributed by atoms with Gasteiger partial charge in [-0.25, -0.2) is 0 Å². The molecular formula is C13H18O3. The van der Waals surface area contributed by atoms with Crippen LogP contribution in [-0.4, -0.2) is 16.2 Å². The smallest absolute Gasteiger partial charge is 0.307 e. The first-order valence-corrected chi connectivity index (χ1v) is 5.49. The zero-order valence-electron chi connectivity index (χ0n) is 9.90. The van der Waals surface area contributed by atoms with Crippen LogP contribution < -0.4 is 0 Å². The number of phenolic OH excluding ortho intramolecular Hbond substituents is 1. The van der Waals surface area contributed by atoms with Gasteiger partial charge >= 0.3 is 5.97 Å². The molecule has 0 bridgehead atoms. The molecule has 3 nitrogen and oxygen atoms in total.